The van der Waals surface area contributed by atoms with Gasteiger partial charge in [-0.25, -0.2) is 4.98 Å². The first-order valence-electron chi connectivity index (χ1n) is 6.94. The van der Waals surface area contributed by atoms with E-state index in [2.05, 4.69) is 22.2 Å². The number of aromatic nitrogens is 2. The van der Waals surface area contributed by atoms with Crippen LogP contribution in [0.25, 0.3) is 0 Å². The average Bonchev–Trinajstić information content (AvgIpc) is 2.80. The first-order chi connectivity index (χ1) is 8.99. The number of hydrogen-bond donors (Lipinski definition) is 2. The van der Waals surface area contributed by atoms with Crippen molar-refractivity contribution in [2.75, 3.05) is 6.61 Å². The molecule has 1 fully saturated rings. The number of H-pyrrole nitrogens is 1. The van der Waals surface area contributed by atoms with Gasteiger partial charge in [-0.2, -0.15) is 0 Å². The first kappa shape index (κ1) is 14.2. The van der Waals surface area contributed by atoms with Crippen LogP contribution in [-0.2, 0) is 4.74 Å². The molecule has 0 spiro atoms. The molecule has 3 unspecified atom stereocenters. The summed E-state index contributed by atoms with van der Waals surface area (Å²) in [6.45, 7) is 8.63. The van der Waals surface area contributed by atoms with Gasteiger partial charge in [0.2, 0.25) is 0 Å². The summed E-state index contributed by atoms with van der Waals surface area (Å²) < 4.78 is 5.67. The smallest absolute Gasteiger partial charge is 0.255 e. The van der Waals surface area contributed by atoms with Crippen molar-refractivity contribution in [3.05, 3.63) is 27.4 Å². The van der Waals surface area contributed by atoms with Gasteiger partial charge in [-0.1, -0.05) is 0 Å². The quantitative estimate of drug-likeness (QED) is 0.868. The van der Waals surface area contributed by atoms with E-state index < -0.39 is 0 Å². The van der Waals surface area contributed by atoms with Crippen LogP contribution in [0.2, 0.25) is 0 Å². The normalized spacial score (nSPS) is 22.4. The van der Waals surface area contributed by atoms with E-state index in [4.69, 9.17) is 4.74 Å². The van der Waals surface area contributed by atoms with E-state index in [1.165, 1.54) is 0 Å². The molecular weight excluding hydrogens is 242 g/mol. The minimum atomic E-state index is -0.0514. The maximum atomic E-state index is 12.0. The molecule has 0 radical (unpaired) electrons. The zero-order valence-corrected chi connectivity index (χ0v) is 12.1. The predicted octanol–water partition coefficient (Wildman–Crippen LogP) is 1.60. The minimum Gasteiger partial charge on any atom is -0.377 e. The van der Waals surface area contributed by atoms with Crippen molar-refractivity contribution < 1.29 is 4.74 Å². The fourth-order valence-corrected chi connectivity index (χ4v) is 2.83. The second kappa shape index (κ2) is 5.84. The predicted molar refractivity (Wildman–Crippen MR) is 74.3 cm³/mol. The zero-order chi connectivity index (χ0) is 14.0. The second-order valence-electron chi connectivity index (χ2n) is 5.38. The number of aromatic amines is 1. The van der Waals surface area contributed by atoms with Gasteiger partial charge in [0, 0.05) is 24.4 Å². The number of rotatable bonds is 4. The van der Waals surface area contributed by atoms with E-state index in [0.717, 1.165) is 30.7 Å². The average molecular weight is 265 g/mol. The van der Waals surface area contributed by atoms with Gasteiger partial charge in [0.1, 0.15) is 5.82 Å². The largest absolute Gasteiger partial charge is 0.377 e. The zero-order valence-electron chi connectivity index (χ0n) is 12.1. The highest BCUT2D eigenvalue weighted by atomic mass is 16.5. The Balaban J connectivity index is 2.11. The summed E-state index contributed by atoms with van der Waals surface area (Å²) in [7, 11) is 0. The summed E-state index contributed by atoms with van der Waals surface area (Å²) in [6.07, 6.45) is 2.46. The lowest BCUT2D eigenvalue weighted by Gasteiger charge is -2.24. The number of aryl methyl sites for hydroxylation is 2. The van der Waals surface area contributed by atoms with E-state index in [1.807, 2.05) is 13.8 Å². The fourth-order valence-electron chi connectivity index (χ4n) is 2.83. The Hall–Kier alpha value is -1.20. The van der Waals surface area contributed by atoms with Crippen LogP contribution in [0.3, 0.4) is 0 Å². The van der Waals surface area contributed by atoms with Crippen molar-refractivity contribution in [1.82, 2.24) is 15.3 Å². The van der Waals surface area contributed by atoms with Gasteiger partial charge in [-0.3, -0.25) is 4.79 Å². The van der Waals surface area contributed by atoms with Crippen LogP contribution in [0.1, 0.15) is 49.8 Å². The summed E-state index contributed by atoms with van der Waals surface area (Å²) in [5, 5.41) is 3.45. The molecule has 1 aromatic heterocycles. The molecule has 3 atom stereocenters. The molecule has 2 N–H and O–H groups in total. The van der Waals surface area contributed by atoms with Gasteiger partial charge in [0.05, 0.1) is 11.7 Å². The third-order valence-corrected chi connectivity index (χ3v) is 3.73. The van der Waals surface area contributed by atoms with Crippen LogP contribution in [-0.4, -0.2) is 28.7 Å². The standard InChI is InChI=1S/C14H23N3O2/c1-8(12-6-5-7-19-12)15-9(2)13-10(3)16-11(4)17-14(13)18/h8-9,12,15H,5-7H2,1-4H3,(H,16,17,18). The van der Waals surface area contributed by atoms with Crippen molar-refractivity contribution in [3.63, 3.8) is 0 Å². The molecule has 5 nitrogen and oxygen atoms in total. The summed E-state index contributed by atoms with van der Waals surface area (Å²) in [5.74, 6) is 0.658. The van der Waals surface area contributed by atoms with Crippen LogP contribution in [0.4, 0.5) is 0 Å². The van der Waals surface area contributed by atoms with Crippen molar-refractivity contribution in [1.29, 1.82) is 0 Å². The lowest BCUT2D eigenvalue weighted by Crippen LogP contribution is -2.40. The second-order valence-corrected chi connectivity index (χ2v) is 5.38. The lowest BCUT2D eigenvalue weighted by atomic mass is 10.0. The van der Waals surface area contributed by atoms with E-state index in [9.17, 15) is 4.79 Å². The Bertz CT molecular complexity index is 492. The fraction of sp³-hybridized carbons (Fsp3) is 0.714. The Labute approximate surface area is 113 Å². The van der Waals surface area contributed by atoms with E-state index in [0.29, 0.717) is 5.82 Å². The molecule has 1 saturated heterocycles. The molecule has 0 aliphatic carbocycles. The Morgan fingerprint density at radius 3 is 2.74 bits per heavy atom. The SMILES string of the molecule is Cc1nc(C)c(C(C)NC(C)C2CCCO2)c(=O)[nH]1. The lowest BCUT2D eigenvalue weighted by molar-refractivity contribution is 0.0803. The first-order valence-corrected chi connectivity index (χ1v) is 6.94. The third-order valence-electron chi connectivity index (χ3n) is 3.73. The Morgan fingerprint density at radius 2 is 2.16 bits per heavy atom. The van der Waals surface area contributed by atoms with Crippen molar-refractivity contribution >= 4 is 0 Å². The molecule has 2 heterocycles. The van der Waals surface area contributed by atoms with Crippen molar-refractivity contribution in [2.24, 2.45) is 0 Å². The van der Waals surface area contributed by atoms with Crippen molar-refractivity contribution in [2.45, 2.75) is 58.7 Å². The van der Waals surface area contributed by atoms with Crippen LogP contribution in [0, 0.1) is 13.8 Å². The summed E-state index contributed by atoms with van der Waals surface area (Å²) >= 11 is 0. The molecule has 1 aromatic rings. The summed E-state index contributed by atoms with van der Waals surface area (Å²) in [5.41, 5.74) is 1.46. The number of nitrogens with one attached hydrogen (secondary N) is 2. The van der Waals surface area contributed by atoms with Crippen LogP contribution >= 0.6 is 0 Å². The molecule has 0 amide bonds. The van der Waals surface area contributed by atoms with Crippen LogP contribution in [0.5, 0.6) is 0 Å². The number of ether oxygens (including phenoxy) is 1. The van der Waals surface area contributed by atoms with Gasteiger partial charge in [0.25, 0.3) is 5.56 Å². The molecule has 0 bridgehead atoms. The van der Waals surface area contributed by atoms with Crippen molar-refractivity contribution in [3.8, 4) is 0 Å². The highest BCUT2D eigenvalue weighted by Crippen LogP contribution is 2.18. The van der Waals surface area contributed by atoms with Crippen LogP contribution < -0.4 is 10.9 Å². The van der Waals surface area contributed by atoms with Gasteiger partial charge in [-0.05, 0) is 40.5 Å². The Morgan fingerprint density at radius 1 is 1.42 bits per heavy atom. The summed E-state index contributed by atoms with van der Waals surface area (Å²) in [6, 6.07) is 0.202. The van der Waals surface area contributed by atoms with Crippen LogP contribution in [0.15, 0.2) is 4.79 Å². The highest BCUT2D eigenvalue weighted by molar-refractivity contribution is 5.20. The molecule has 5 heteroatoms. The molecule has 1 aliphatic heterocycles. The van der Waals surface area contributed by atoms with Gasteiger partial charge < -0.3 is 15.0 Å². The van der Waals surface area contributed by atoms with E-state index in [1.54, 1.807) is 6.92 Å². The Kier molecular flexibility index (Phi) is 4.37. The maximum absolute atomic E-state index is 12.0. The molecular formula is C14H23N3O2. The molecule has 1 aliphatic rings. The van der Waals surface area contributed by atoms with Gasteiger partial charge in [0.15, 0.2) is 0 Å². The molecule has 106 valence electrons. The van der Waals surface area contributed by atoms with E-state index >= 15 is 0 Å². The van der Waals surface area contributed by atoms with Gasteiger partial charge in [-0.15, -0.1) is 0 Å². The molecule has 2 rings (SSSR count). The molecule has 0 aromatic carbocycles. The molecule has 0 saturated carbocycles. The van der Waals surface area contributed by atoms with E-state index in [-0.39, 0.29) is 23.7 Å². The monoisotopic (exact) mass is 265 g/mol. The summed E-state index contributed by atoms with van der Waals surface area (Å²) in [4.78, 5) is 19.1. The highest BCUT2D eigenvalue weighted by Gasteiger charge is 2.25. The maximum Gasteiger partial charge on any atom is 0.255 e. The number of hydrogen-bond acceptors (Lipinski definition) is 4. The number of nitrogens with zero attached hydrogens (tertiary/aromatic N) is 1. The van der Waals surface area contributed by atoms with Gasteiger partial charge >= 0.3 is 0 Å². The minimum absolute atomic E-state index is 0.0314. The topological polar surface area (TPSA) is 67.0 Å². The third kappa shape index (κ3) is 3.22. The molecule has 19 heavy (non-hydrogen) atoms.